The minimum atomic E-state index is 0.688. The summed E-state index contributed by atoms with van der Waals surface area (Å²) in [5, 5.41) is 9.87. The minimum Gasteiger partial charge on any atom is -0.496 e. The second-order valence-electron chi connectivity index (χ2n) is 3.46. The van der Waals surface area contributed by atoms with Gasteiger partial charge in [0, 0.05) is 0 Å². The summed E-state index contributed by atoms with van der Waals surface area (Å²) in [5.41, 5.74) is 1.80. The molecule has 4 heteroatoms. The van der Waals surface area contributed by atoms with Gasteiger partial charge in [-0.1, -0.05) is 19.1 Å². The van der Waals surface area contributed by atoms with Gasteiger partial charge in [0.25, 0.3) is 0 Å². The molecule has 0 aliphatic rings. The molecule has 1 aromatic heterocycles. The van der Waals surface area contributed by atoms with Gasteiger partial charge >= 0.3 is 0 Å². The third kappa shape index (κ3) is 2.15. The fourth-order valence-corrected chi connectivity index (χ4v) is 2.60. The van der Waals surface area contributed by atoms with E-state index in [0.29, 0.717) is 4.88 Å². The number of nitrogens with zero attached hydrogens (tertiary/aromatic N) is 2. The molecule has 1 heterocycles. The van der Waals surface area contributed by atoms with Gasteiger partial charge < -0.3 is 4.74 Å². The van der Waals surface area contributed by atoms with E-state index in [9.17, 15) is 0 Å². The summed E-state index contributed by atoms with van der Waals surface area (Å²) in [4.78, 5) is 5.18. The molecule has 0 aliphatic carbocycles. The lowest BCUT2D eigenvalue weighted by Gasteiger charge is -2.04. The van der Waals surface area contributed by atoms with E-state index < -0.39 is 0 Å². The summed E-state index contributed by atoms with van der Waals surface area (Å²) in [6.07, 6.45) is 0.772. The number of aryl methyl sites for hydroxylation is 1. The Labute approximate surface area is 104 Å². The fourth-order valence-electron chi connectivity index (χ4n) is 1.62. The maximum atomic E-state index is 9.03. The van der Waals surface area contributed by atoms with Crippen LogP contribution in [0.15, 0.2) is 24.3 Å². The van der Waals surface area contributed by atoms with E-state index in [2.05, 4.69) is 11.1 Å². The van der Waals surface area contributed by atoms with Crippen molar-refractivity contribution in [2.24, 2.45) is 0 Å². The first kappa shape index (κ1) is 11.6. The molecule has 0 amide bonds. The van der Waals surface area contributed by atoms with E-state index in [0.717, 1.165) is 28.4 Å². The van der Waals surface area contributed by atoms with Crippen LogP contribution in [-0.2, 0) is 6.42 Å². The lowest BCUT2D eigenvalue weighted by molar-refractivity contribution is 0.416. The largest absolute Gasteiger partial charge is 0.496 e. The van der Waals surface area contributed by atoms with Gasteiger partial charge in [-0.05, 0) is 18.6 Å². The molecule has 0 radical (unpaired) electrons. The Bertz CT molecular complexity index is 569. The number of nitriles is 1. The smallest absolute Gasteiger partial charge is 0.129 e. The first-order valence-corrected chi connectivity index (χ1v) is 6.15. The molecule has 0 spiro atoms. The molecule has 2 aromatic rings. The Morgan fingerprint density at radius 2 is 2.18 bits per heavy atom. The molecule has 0 saturated carbocycles. The van der Waals surface area contributed by atoms with Crippen molar-refractivity contribution in [2.45, 2.75) is 13.3 Å². The maximum Gasteiger partial charge on any atom is 0.129 e. The summed E-state index contributed by atoms with van der Waals surface area (Å²) in [7, 11) is 1.64. The second-order valence-corrected chi connectivity index (χ2v) is 4.46. The van der Waals surface area contributed by atoms with Crippen LogP contribution < -0.4 is 4.74 Å². The highest BCUT2D eigenvalue weighted by Gasteiger charge is 2.13. The predicted molar refractivity (Wildman–Crippen MR) is 68.2 cm³/mol. The highest BCUT2D eigenvalue weighted by molar-refractivity contribution is 7.15. The summed E-state index contributed by atoms with van der Waals surface area (Å²) < 4.78 is 5.30. The topological polar surface area (TPSA) is 45.9 Å². The normalized spacial score (nSPS) is 9.94. The van der Waals surface area contributed by atoms with Crippen LogP contribution >= 0.6 is 11.3 Å². The number of ether oxygens (including phenoxy) is 1. The molecule has 0 aliphatic heterocycles. The van der Waals surface area contributed by atoms with Crippen LogP contribution in [0.1, 0.15) is 17.5 Å². The SMILES string of the molecule is CCc1nc(-c2ccccc2OC)sc1C#N. The number of benzene rings is 1. The van der Waals surface area contributed by atoms with Crippen LogP contribution in [0.2, 0.25) is 0 Å². The van der Waals surface area contributed by atoms with Crippen LogP contribution in [-0.4, -0.2) is 12.1 Å². The number of aromatic nitrogens is 1. The quantitative estimate of drug-likeness (QED) is 0.832. The van der Waals surface area contributed by atoms with Gasteiger partial charge in [-0.15, -0.1) is 11.3 Å². The third-order valence-corrected chi connectivity index (χ3v) is 3.51. The van der Waals surface area contributed by atoms with E-state index in [4.69, 9.17) is 10.00 Å². The van der Waals surface area contributed by atoms with Crippen molar-refractivity contribution in [1.29, 1.82) is 5.26 Å². The molecule has 0 atom stereocenters. The van der Waals surface area contributed by atoms with E-state index in [-0.39, 0.29) is 0 Å². The Kier molecular flexibility index (Phi) is 3.40. The molecule has 3 nitrogen and oxygen atoms in total. The van der Waals surface area contributed by atoms with Crippen LogP contribution in [0.25, 0.3) is 10.6 Å². The standard InChI is InChI=1S/C13H12N2OS/c1-3-10-12(8-14)17-13(15-10)9-6-4-5-7-11(9)16-2/h4-7H,3H2,1-2H3. The molecule has 0 unspecified atom stereocenters. The van der Waals surface area contributed by atoms with Crippen LogP contribution in [0.3, 0.4) is 0 Å². The van der Waals surface area contributed by atoms with Crippen molar-refractivity contribution in [1.82, 2.24) is 4.98 Å². The lowest BCUT2D eigenvalue weighted by Crippen LogP contribution is -1.87. The summed E-state index contributed by atoms with van der Waals surface area (Å²) in [5.74, 6) is 0.786. The molecule has 0 fully saturated rings. The average Bonchev–Trinajstić information content (AvgIpc) is 2.81. The molecule has 0 N–H and O–H groups in total. The predicted octanol–water partition coefficient (Wildman–Crippen LogP) is 3.25. The number of thiazole rings is 1. The zero-order valence-electron chi connectivity index (χ0n) is 9.73. The van der Waals surface area contributed by atoms with E-state index >= 15 is 0 Å². The minimum absolute atomic E-state index is 0.688. The van der Waals surface area contributed by atoms with E-state index in [1.54, 1.807) is 7.11 Å². The van der Waals surface area contributed by atoms with Crippen molar-refractivity contribution < 1.29 is 4.74 Å². The van der Waals surface area contributed by atoms with Crippen molar-refractivity contribution in [3.63, 3.8) is 0 Å². The van der Waals surface area contributed by atoms with Gasteiger partial charge in [0.05, 0.1) is 18.4 Å². The van der Waals surface area contributed by atoms with Crippen molar-refractivity contribution in [3.05, 3.63) is 34.8 Å². The van der Waals surface area contributed by atoms with Gasteiger partial charge in [0.15, 0.2) is 0 Å². The van der Waals surface area contributed by atoms with Crippen molar-refractivity contribution in [2.75, 3.05) is 7.11 Å². The van der Waals surface area contributed by atoms with Gasteiger partial charge in [-0.3, -0.25) is 0 Å². The van der Waals surface area contributed by atoms with Crippen LogP contribution in [0, 0.1) is 11.3 Å². The van der Waals surface area contributed by atoms with Gasteiger partial charge in [-0.2, -0.15) is 5.26 Å². The maximum absolute atomic E-state index is 9.03. The van der Waals surface area contributed by atoms with Gasteiger partial charge in [0.1, 0.15) is 21.7 Å². The van der Waals surface area contributed by atoms with Gasteiger partial charge in [-0.25, -0.2) is 4.98 Å². The Balaban J connectivity index is 2.54. The Morgan fingerprint density at radius 1 is 1.41 bits per heavy atom. The molecular formula is C13H12N2OS. The zero-order valence-corrected chi connectivity index (χ0v) is 10.5. The Hall–Kier alpha value is -1.86. The molecule has 0 saturated heterocycles. The molecule has 17 heavy (non-hydrogen) atoms. The molecule has 86 valence electrons. The van der Waals surface area contributed by atoms with Crippen LogP contribution in [0.5, 0.6) is 5.75 Å². The summed E-state index contributed by atoms with van der Waals surface area (Å²) >= 11 is 1.41. The molecule has 1 aromatic carbocycles. The molecule has 2 rings (SSSR count). The summed E-state index contributed by atoms with van der Waals surface area (Å²) in [6, 6.07) is 9.90. The van der Waals surface area contributed by atoms with Gasteiger partial charge in [0.2, 0.25) is 0 Å². The zero-order chi connectivity index (χ0) is 12.3. The number of para-hydroxylation sites is 1. The van der Waals surface area contributed by atoms with Crippen LogP contribution in [0.4, 0.5) is 0 Å². The fraction of sp³-hybridized carbons (Fsp3) is 0.231. The highest BCUT2D eigenvalue weighted by Crippen LogP contribution is 2.34. The summed E-state index contributed by atoms with van der Waals surface area (Å²) in [6.45, 7) is 2.00. The number of rotatable bonds is 3. The number of methoxy groups -OCH3 is 1. The first-order chi connectivity index (χ1) is 8.30. The number of hydrogen-bond donors (Lipinski definition) is 0. The lowest BCUT2D eigenvalue weighted by atomic mass is 10.2. The number of hydrogen-bond acceptors (Lipinski definition) is 4. The highest BCUT2D eigenvalue weighted by atomic mass is 32.1. The van der Waals surface area contributed by atoms with E-state index in [1.165, 1.54) is 11.3 Å². The molecule has 0 bridgehead atoms. The Morgan fingerprint density at radius 3 is 2.76 bits per heavy atom. The van der Waals surface area contributed by atoms with E-state index in [1.807, 2.05) is 31.2 Å². The van der Waals surface area contributed by atoms with Crippen molar-refractivity contribution >= 4 is 11.3 Å². The molecular weight excluding hydrogens is 232 g/mol. The monoisotopic (exact) mass is 244 g/mol. The first-order valence-electron chi connectivity index (χ1n) is 5.33. The van der Waals surface area contributed by atoms with Crippen molar-refractivity contribution in [3.8, 4) is 22.4 Å². The third-order valence-electron chi connectivity index (χ3n) is 2.47. The average molecular weight is 244 g/mol. The second kappa shape index (κ2) is 4.98.